The number of halogens is 2. The number of ether oxygens (including phenoxy) is 2. The first kappa shape index (κ1) is 85.6. The van der Waals surface area contributed by atoms with Crippen LogP contribution in [0.5, 0.6) is 0 Å². The molecule has 10 heteroatoms. The predicted molar refractivity (Wildman–Crippen MR) is 333 cm³/mol. The summed E-state index contributed by atoms with van der Waals surface area (Å²) in [6, 6.07) is 0. The molecule has 0 spiro atoms. The van der Waals surface area contributed by atoms with E-state index in [1.807, 2.05) is 41.5 Å². The Morgan fingerprint density at radius 3 is 0.919 bits per heavy atom. The van der Waals surface area contributed by atoms with Gasteiger partial charge >= 0.3 is 56.6 Å². The van der Waals surface area contributed by atoms with Crippen LogP contribution in [0.2, 0.25) is 47.3 Å². The molecule has 8 rings (SSSR count). The van der Waals surface area contributed by atoms with Crippen LogP contribution in [0.3, 0.4) is 0 Å². The Labute approximate surface area is 515 Å². The third-order valence-electron chi connectivity index (χ3n) is 15.8. The van der Waals surface area contributed by atoms with Gasteiger partial charge in [0.15, 0.2) is 0 Å². The number of allylic oxidation sites excluding steroid dienone is 20. The average molecular weight is 1090 g/mol. The van der Waals surface area contributed by atoms with Crippen molar-refractivity contribution in [3.63, 3.8) is 0 Å². The van der Waals surface area contributed by atoms with Gasteiger partial charge in [0, 0.05) is 32.0 Å². The Morgan fingerprint density at radius 2 is 0.757 bits per heavy atom. The van der Waals surface area contributed by atoms with Crippen LogP contribution in [0.15, 0.2) is 116 Å². The minimum absolute atomic E-state index is 0. The molecule has 2 saturated carbocycles. The zero-order valence-electron chi connectivity index (χ0n) is 52.9. The first-order valence-corrected chi connectivity index (χ1v) is 36.9. The molecule has 0 aromatic carbocycles. The van der Waals surface area contributed by atoms with Crippen LogP contribution in [0, 0.1) is 11.8 Å². The Bertz CT molecular complexity index is 1690. The van der Waals surface area contributed by atoms with Crippen LogP contribution in [0.1, 0.15) is 203 Å². The molecule has 3 fully saturated rings. The van der Waals surface area contributed by atoms with Crippen molar-refractivity contribution in [2.24, 2.45) is 11.8 Å². The fourth-order valence-electron chi connectivity index (χ4n) is 10.7. The maximum Gasteiger partial charge on any atom is 1.00 e. The van der Waals surface area contributed by atoms with Gasteiger partial charge in [0.1, 0.15) is 8.11 Å². The number of hydrogen-bond acceptors (Lipinski definition) is 2. The minimum atomic E-state index is -1.06. The third kappa shape index (κ3) is 31.4. The van der Waals surface area contributed by atoms with E-state index in [4.69, 9.17) is 20.6 Å². The van der Waals surface area contributed by atoms with Crippen LogP contribution < -0.4 is 69.0 Å². The molecule has 0 amide bonds. The molecule has 8 aliphatic rings. The third-order valence-corrected chi connectivity index (χ3v) is 25.4. The van der Waals surface area contributed by atoms with Crippen LogP contribution in [0.25, 0.3) is 0 Å². The fraction of sp³-hybridized carbons (Fsp3) is 0.688. The summed E-state index contributed by atoms with van der Waals surface area (Å²) in [4.78, 5) is 0. The Hall–Kier alpha value is 0.343. The largest absolute Gasteiger partial charge is 1.00 e. The van der Waals surface area contributed by atoms with E-state index in [0.717, 1.165) is 60.4 Å². The van der Waals surface area contributed by atoms with Crippen molar-refractivity contribution >= 4 is 36.8 Å². The second-order valence-electron chi connectivity index (χ2n) is 21.0. The van der Waals surface area contributed by atoms with Crippen molar-refractivity contribution in [3.8, 4) is 0 Å². The van der Waals surface area contributed by atoms with Gasteiger partial charge in [-0.15, -0.1) is 0 Å². The molecule has 7 aliphatic carbocycles. The van der Waals surface area contributed by atoms with E-state index in [2.05, 4.69) is 164 Å². The van der Waals surface area contributed by atoms with Gasteiger partial charge in [-0.05, 0) is 159 Å². The molecule has 0 radical (unpaired) electrons. The summed E-state index contributed by atoms with van der Waals surface area (Å²) in [5.41, 5.74) is 20.4. The average Bonchev–Trinajstić information content (AvgIpc) is 4.21. The molecular formula is C64H117Cl2Li3O2Si3+2. The first-order valence-electron chi connectivity index (χ1n) is 28.4. The molecule has 0 N–H and O–H groups in total. The van der Waals surface area contributed by atoms with Gasteiger partial charge in [-0.1, -0.05) is 214 Å². The van der Waals surface area contributed by atoms with Crippen LogP contribution in [0.4, 0.5) is 0 Å². The van der Waals surface area contributed by atoms with Crippen molar-refractivity contribution in [2.75, 3.05) is 26.4 Å². The maximum absolute atomic E-state index is 6.27. The molecule has 1 heterocycles. The Kier molecular flexibility index (Phi) is 56.9. The SMILES string of the molecule is C.C1CCOC1.CC.CC.CC1=C(C)C([SiH](C)Cl)C(C)=C1C.CC1=CC([SiH](C)C2C(C)=C(C)C(C)=C2C)C=C1.CC1=CC([SiH](C)C2C=CC(C)=C2)C=C1.CC1CCCC1.CC1CCCC1.CCOCC.[Cl-].[Li+].[Li+].[Li+]. The molecule has 412 valence electrons. The minimum Gasteiger partial charge on any atom is -1.00 e. The van der Waals surface area contributed by atoms with Gasteiger partial charge in [-0.25, -0.2) is 0 Å². The quantitative estimate of drug-likeness (QED) is 0.188. The second-order valence-corrected chi connectivity index (χ2v) is 31.5. The Morgan fingerprint density at radius 1 is 0.486 bits per heavy atom. The summed E-state index contributed by atoms with van der Waals surface area (Å²) in [6.07, 6.45) is 35.8. The Balaban J connectivity index is -0.000000186. The second kappa shape index (κ2) is 49.2. The zero-order chi connectivity index (χ0) is 52.8. The topological polar surface area (TPSA) is 18.5 Å². The van der Waals surface area contributed by atoms with E-state index in [-0.39, 0.29) is 76.4 Å². The fourth-order valence-corrected chi connectivity index (χ4v) is 20.0. The van der Waals surface area contributed by atoms with Crippen LogP contribution in [-0.2, 0) is 9.47 Å². The van der Waals surface area contributed by atoms with Gasteiger partial charge in [-0.3, -0.25) is 0 Å². The van der Waals surface area contributed by atoms with Crippen molar-refractivity contribution in [1.82, 2.24) is 0 Å². The standard InChI is InChI=1S/C16H24Si.C13H18Si.C10H17ClSi.2C6H12.C4H8O.C4H10O.2C2H6.CH4.ClH.3Li/c1-10-7-8-15(9-10)17(6)16-13(4)11(2)12(3)14(16)5;1-10-4-6-12(8-10)14(3)13-7-5-11(2)9-13;1-6-7(2)9(4)10(8(6)3)12(5)11;2*1-6-4-2-3-5-6;1-2-4-5-3-1;1-3-5-4-2;2*1-2;;;;;/h7-9,15-17H,1-6H3;4-9,12-14H,1-3H3;10,12H,1-5H3;2*6H,2-5H2,1H3;1-4H2;3-4H2,1-2H3;2*1-2H3;1H4;1H;;;/q;;;;;;;;;;;3*+1/p-1. The van der Waals surface area contributed by atoms with Crippen molar-refractivity contribution < 1.29 is 78.5 Å². The van der Waals surface area contributed by atoms with E-state index in [0.29, 0.717) is 5.54 Å². The molecule has 5 atom stereocenters. The summed E-state index contributed by atoms with van der Waals surface area (Å²) in [5, 5.41) is 0. The number of hydrogen-bond donors (Lipinski definition) is 0. The summed E-state index contributed by atoms with van der Waals surface area (Å²) >= 11 is 6.27. The van der Waals surface area contributed by atoms with Crippen molar-refractivity contribution in [1.29, 1.82) is 0 Å². The summed E-state index contributed by atoms with van der Waals surface area (Å²) in [7, 11) is -2.59. The molecule has 74 heavy (non-hydrogen) atoms. The van der Waals surface area contributed by atoms with Gasteiger partial charge in [0.25, 0.3) is 0 Å². The van der Waals surface area contributed by atoms with Crippen LogP contribution in [-0.4, -0.2) is 52.1 Å². The van der Waals surface area contributed by atoms with E-state index >= 15 is 0 Å². The van der Waals surface area contributed by atoms with Gasteiger partial charge < -0.3 is 21.9 Å². The van der Waals surface area contributed by atoms with Crippen molar-refractivity contribution in [2.45, 2.75) is 251 Å². The van der Waals surface area contributed by atoms with Crippen LogP contribution >= 0.6 is 11.1 Å². The molecule has 1 saturated heterocycles. The zero-order valence-corrected chi connectivity index (χ0v) is 57.9. The first-order chi connectivity index (χ1) is 32.8. The maximum atomic E-state index is 6.27. The summed E-state index contributed by atoms with van der Waals surface area (Å²) < 4.78 is 9.78. The van der Waals surface area contributed by atoms with Gasteiger partial charge in [0.2, 0.25) is 0 Å². The molecule has 1 aliphatic heterocycles. The molecular weight excluding hydrogens is 977 g/mol. The molecule has 2 nitrogen and oxygen atoms in total. The van der Waals surface area contributed by atoms with E-state index in [1.165, 1.54) is 103 Å². The molecule has 5 unspecified atom stereocenters. The number of rotatable bonds is 7. The van der Waals surface area contributed by atoms with E-state index in [1.54, 1.807) is 22.3 Å². The molecule has 0 aromatic heterocycles. The molecule has 0 bridgehead atoms. The predicted octanol–water partition coefficient (Wildman–Crippen LogP) is 8.97. The van der Waals surface area contributed by atoms with Gasteiger partial charge in [0.05, 0.1) is 17.6 Å². The summed E-state index contributed by atoms with van der Waals surface area (Å²) in [6.45, 7) is 52.3. The monoisotopic (exact) mass is 1090 g/mol. The summed E-state index contributed by atoms with van der Waals surface area (Å²) in [5.74, 6) is 2.09. The van der Waals surface area contributed by atoms with E-state index < -0.39 is 25.7 Å². The van der Waals surface area contributed by atoms with E-state index in [9.17, 15) is 0 Å². The smallest absolute Gasteiger partial charge is 1.00 e. The van der Waals surface area contributed by atoms with Crippen molar-refractivity contribution in [3.05, 3.63) is 116 Å². The normalized spacial score (nSPS) is 22.4. The molecule has 0 aromatic rings. The van der Waals surface area contributed by atoms with Gasteiger partial charge in [-0.2, -0.15) is 11.1 Å².